The predicted molar refractivity (Wildman–Crippen MR) is 146 cm³/mol. The van der Waals surface area contributed by atoms with E-state index in [0.717, 1.165) is 22.5 Å². The number of carbonyl (C=O) groups is 3. The van der Waals surface area contributed by atoms with Crippen LogP contribution >= 0.6 is 23.1 Å². The zero-order chi connectivity index (χ0) is 26.6. The van der Waals surface area contributed by atoms with Crippen molar-refractivity contribution in [3.63, 3.8) is 0 Å². The van der Waals surface area contributed by atoms with Crippen LogP contribution in [0.15, 0.2) is 81.2 Å². The standard InChI is InChI=1S/C28H23N3O5S2/c1-15-8-10-18(11-9-15)31-25(33)22-21(19-7-4-12-36-19)24-27(37-23(22)26(31)34)30(28(35)38-24)14-20(32)29-17-6-3-5-16(2)13-17/h3-13,21-23H,14H2,1-2H3,(H,29,32)/t21-,22-,23+/m0/s1. The summed E-state index contributed by atoms with van der Waals surface area (Å²) in [4.78, 5) is 55.0. The van der Waals surface area contributed by atoms with Gasteiger partial charge in [0.1, 0.15) is 17.6 Å². The van der Waals surface area contributed by atoms with E-state index < -0.39 is 17.1 Å². The molecule has 0 spiro atoms. The maximum absolute atomic E-state index is 13.8. The van der Waals surface area contributed by atoms with E-state index in [-0.39, 0.29) is 29.1 Å². The van der Waals surface area contributed by atoms with Gasteiger partial charge in [0.15, 0.2) is 0 Å². The molecule has 2 aliphatic rings. The molecule has 6 rings (SSSR count). The fourth-order valence-electron chi connectivity index (χ4n) is 5.05. The molecule has 2 aromatic heterocycles. The number of benzene rings is 2. The molecule has 0 aliphatic carbocycles. The molecule has 1 N–H and O–H groups in total. The minimum absolute atomic E-state index is 0.211. The van der Waals surface area contributed by atoms with E-state index in [4.69, 9.17) is 4.42 Å². The van der Waals surface area contributed by atoms with Gasteiger partial charge in [0.05, 0.1) is 33.7 Å². The molecule has 2 aromatic carbocycles. The second-order valence-corrected chi connectivity index (χ2v) is 11.6. The van der Waals surface area contributed by atoms with Gasteiger partial charge in [-0.25, -0.2) is 4.90 Å². The summed E-state index contributed by atoms with van der Waals surface area (Å²) in [5.41, 5.74) is 3.16. The van der Waals surface area contributed by atoms with Crippen molar-refractivity contribution in [1.29, 1.82) is 0 Å². The highest BCUT2D eigenvalue weighted by Crippen LogP contribution is 2.53. The third-order valence-corrected chi connectivity index (χ3v) is 9.40. The zero-order valence-electron chi connectivity index (χ0n) is 20.5. The summed E-state index contributed by atoms with van der Waals surface area (Å²) in [6.07, 6.45) is 1.51. The molecule has 0 saturated carbocycles. The number of furan rings is 1. The Balaban J connectivity index is 1.38. The van der Waals surface area contributed by atoms with Gasteiger partial charge in [-0.3, -0.25) is 23.7 Å². The Morgan fingerprint density at radius 3 is 2.47 bits per heavy atom. The van der Waals surface area contributed by atoms with Crippen LogP contribution in [-0.4, -0.2) is 27.5 Å². The van der Waals surface area contributed by atoms with Crippen molar-refractivity contribution in [2.75, 3.05) is 10.2 Å². The van der Waals surface area contributed by atoms with Crippen molar-refractivity contribution in [3.8, 4) is 0 Å². The maximum Gasteiger partial charge on any atom is 0.308 e. The second-order valence-electron chi connectivity index (χ2n) is 9.45. The van der Waals surface area contributed by atoms with Crippen LogP contribution in [0.3, 0.4) is 0 Å². The van der Waals surface area contributed by atoms with Crippen LogP contribution < -0.4 is 15.1 Å². The van der Waals surface area contributed by atoms with E-state index in [0.29, 0.717) is 27.0 Å². The van der Waals surface area contributed by atoms with Crippen LogP contribution in [0.5, 0.6) is 0 Å². The van der Waals surface area contributed by atoms with Gasteiger partial charge < -0.3 is 9.73 Å². The van der Waals surface area contributed by atoms with Crippen LogP contribution in [0, 0.1) is 19.8 Å². The number of thioether (sulfide) groups is 1. The monoisotopic (exact) mass is 545 g/mol. The van der Waals surface area contributed by atoms with E-state index in [1.54, 1.807) is 30.3 Å². The normalized spacial score (nSPS) is 20.4. The number of anilines is 2. The fourth-order valence-corrected chi connectivity index (χ4v) is 7.80. The highest BCUT2D eigenvalue weighted by molar-refractivity contribution is 8.00. The molecule has 1 fully saturated rings. The third-order valence-electron chi connectivity index (χ3n) is 6.79. The molecule has 8 nitrogen and oxygen atoms in total. The zero-order valence-corrected chi connectivity index (χ0v) is 22.2. The smallest absolute Gasteiger partial charge is 0.308 e. The molecule has 4 heterocycles. The Labute approximate surface area is 226 Å². The van der Waals surface area contributed by atoms with Gasteiger partial charge in [-0.1, -0.05) is 52.9 Å². The second kappa shape index (κ2) is 9.45. The number of hydrogen-bond donors (Lipinski definition) is 1. The molecular formula is C28H23N3O5S2. The topological polar surface area (TPSA) is 102 Å². The van der Waals surface area contributed by atoms with Crippen molar-refractivity contribution in [1.82, 2.24) is 4.57 Å². The van der Waals surface area contributed by atoms with E-state index >= 15 is 0 Å². The number of fused-ring (bicyclic) bond motifs is 2. The first kappa shape index (κ1) is 24.4. The molecule has 0 radical (unpaired) electrons. The molecular weight excluding hydrogens is 522 g/mol. The highest BCUT2D eigenvalue weighted by Gasteiger charge is 2.57. The van der Waals surface area contributed by atoms with Crippen molar-refractivity contribution in [3.05, 3.63) is 98.4 Å². The van der Waals surface area contributed by atoms with Gasteiger partial charge >= 0.3 is 4.87 Å². The number of rotatable bonds is 5. The van der Waals surface area contributed by atoms with Gasteiger partial charge in [0.2, 0.25) is 17.7 Å². The fraction of sp³-hybridized carbons (Fsp3) is 0.214. The molecule has 0 bridgehead atoms. The van der Waals surface area contributed by atoms with Crippen LogP contribution in [0.2, 0.25) is 0 Å². The van der Waals surface area contributed by atoms with Crippen LogP contribution in [0.25, 0.3) is 0 Å². The summed E-state index contributed by atoms with van der Waals surface area (Å²) in [5.74, 6) is -1.87. The molecule has 2 aliphatic heterocycles. The summed E-state index contributed by atoms with van der Waals surface area (Å²) in [5, 5.41) is 2.60. The van der Waals surface area contributed by atoms with Gasteiger partial charge in [-0.2, -0.15) is 0 Å². The predicted octanol–water partition coefficient (Wildman–Crippen LogP) is 4.55. The average molecular weight is 546 g/mol. The molecule has 0 unspecified atom stereocenters. The molecule has 3 atom stereocenters. The number of aromatic nitrogens is 1. The van der Waals surface area contributed by atoms with E-state index in [1.807, 2.05) is 44.2 Å². The van der Waals surface area contributed by atoms with E-state index in [9.17, 15) is 19.2 Å². The minimum atomic E-state index is -0.758. The highest BCUT2D eigenvalue weighted by atomic mass is 32.2. The summed E-state index contributed by atoms with van der Waals surface area (Å²) in [6.45, 7) is 3.65. The SMILES string of the molecule is Cc1ccc(N2C(=O)[C@H]3[C@H](c4ccco4)c4sc(=O)n(CC(=O)Nc5cccc(C)c5)c4S[C@H]3C2=O)cc1. The Kier molecular flexibility index (Phi) is 6.08. The first-order valence-corrected chi connectivity index (χ1v) is 13.8. The minimum Gasteiger partial charge on any atom is -0.469 e. The van der Waals surface area contributed by atoms with Crippen LogP contribution in [0.4, 0.5) is 11.4 Å². The van der Waals surface area contributed by atoms with Gasteiger partial charge in [0.25, 0.3) is 0 Å². The molecule has 10 heteroatoms. The lowest BCUT2D eigenvalue weighted by Gasteiger charge is -2.29. The van der Waals surface area contributed by atoms with Crippen LogP contribution in [0.1, 0.15) is 27.7 Å². The maximum atomic E-state index is 13.8. The number of nitrogens with zero attached hydrogens (tertiary/aromatic N) is 2. The Hall–Kier alpha value is -3.89. The number of carbonyl (C=O) groups excluding carboxylic acids is 3. The molecule has 3 amide bonds. The summed E-state index contributed by atoms with van der Waals surface area (Å²) in [7, 11) is 0. The number of aryl methyl sites for hydroxylation is 2. The lowest BCUT2D eigenvalue weighted by Crippen LogP contribution is -2.32. The van der Waals surface area contributed by atoms with E-state index in [2.05, 4.69) is 5.32 Å². The van der Waals surface area contributed by atoms with Crippen molar-refractivity contribution in [2.24, 2.45) is 5.92 Å². The van der Waals surface area contributed by atoms with Gasteiger partial charge in [0, 0.05) is 5.69 Å². The number of nitrogens with one attached hydrogen (secondary N) is 1. The number of hydrogen-bond acceptors (Lipinski definition) is 7. The summed E-state index contributed by atoms with van der Waals surface area (Å²) in [6, 6.07) is 18.1. The Bertz CT molecular complexity index is 1620. The summed E-state index contributed by atoms with van der Waals surface area (Å²) < 4.78 is 7.12. The van der Waals surface area contributed by atoms with Gasteiger partial charge in [-0.15, -0.1) is 0 Å². The summed E-state index contributed by atoms with van der Waals surface area (Å²) >= 11 is 2.17. The Morgan fingerprint density at radius 1 is 0.974 bits per heavy atom. The van der Waals surface area contributed by atoms with Crippen LogP contribution in [-0.2, 0) is 20.9 Å². The van der Waals surface area contributed by atoms with E-state index in [1.165, 1.54) is 27.5 Å². The molecule has 4 aromatic rings. The molecule has 1 saturated heterocycles. The molecule has 192 valence electrons. The van der Waals surface area contributed by atoms with Crippen molar-refractivity contribution >= 4 is 52.2 Å². The number of amides is 3. The van der Waals surface area contributed by atoms with Crippen molar-refractivity contribution in [2.45, 2.75) is 36.6 Å². The number of imide groups is 1. The first-order chi connectivity index (χ1) is 18.3. The molecule has 38 heavy (non-hydrogen) atoms. The Morgan fingerprint density at radius 2 is 1.76 bits per heavy atom. The lowest BCUT2D eigenvalue weighted by atomic mass is 9.87. The van der Waals surface area contributed by atoms with Crippen molar-refractivity contribution < 1.29 is 18.8 Å². The first-order valence-electron chi connectivity index (χ1n) is 12.1. The largest absolute Gasteiger partial charge is 0.469 e. The average Bonchev–Trinajstić information content (AvgIpc) is 3.58. The third kappa shape index (κ3) is 4.10. The quantitative estimate of drug-likeness (QED) is 0.369. The van der Waals surface area contributed by atoms with Gasteiger partial charge in [-0.05, 0) is 55.8 Å². The lowest BCUT2D eigenvalue weighted by molar-refractivity contribution is -0.122. The number of thiazole rings is 1.